The molecule has 1 aliphatic rings. The van der Waals surface area contributed by atoms with E-state index in [4.69, 9.17) is 0 Å². The first kappa shape index (κ1) is 10.6. The Balaban J connectivity index is 2.03. The molecule has 1 N–H and O–H groups in total. The minimum absolute atomic E-state index is 0.139. The van der Waals surface area contributed by atoms with E-state index in [0.717, 1.165) is 12.1 Å². The lowest BCUT2D eigenvalue weighted by molar-refractivity contribution is -0.0499. The molecule has 0 amide bonds. The Morgan fingerprint density at radius 2 is 2.00 bits per heavy atom. The summed E-state index contributed by atoms with van der Waals surface area (Å²) in [5.41, 5.74) is 0.717. The van der Waals surface area contributed by atoms with Crippen LogP contribution in [0.15, 0.2) is 30.3 Å². The second kappa shape index (κ2) is 4.27. The molecule has 1 fully saturated rings. The van der Waals surface area contributed by atoms with E-state index in [-0.39, 0.29) is 6.42 Å². The number of benzene rings is 1. The molecule has 82 valence electrons. The molecule has 0 spiro atoms. The molecule has 0 aromatic heterocycles. The van der Waals surface area contributed by atoms with Crippen molar-refractivity contribution < 1.29 is 8.78 Å². The van der Waals surface area contributed by atoms with Crippen molar-refractivity contribution in [1.29, 1.82) is 0 Å². The SMILES string of the molecule is FC(F)(Cc1ccccc1)C1CCNC1. The first-order valence-corrected chi connectivity index (χ1v) is 5.31. The monoisotopic (exact) mass is 211 g/mol. The topological polar surface area (TPSA) is 12.0 Å². The molecule has 1 heterocycles. The summed E-state index contributed by atoms with van der Waals surface area (Å²) in [5.74, 6) is -3.08. The van der Waals surface area contributed by atoms with Gasteiger partial charge in [-0.2, -0.15) is 0 Å². The predicted molar refractivity (Wildman–Crippen MR) is 56.1 cm³/mol. The first-order valence-electron chi connectivity index (χ1n) is 5.31. The molecule has 1 aromatic carbocycles. The third-order valence-electron chi connectivity index (χ3n) is 2.94. The van der Waals surface area contributed by atoms with Gasteiger partial charge in [-0.3, -0.25) is 0 Å². The second-order valence-corrected chi connectivity index (χ2v) is 4.11. The Bertz CT molecular complexity index is 305. The summed E-state index contributed by atoms with van der Waals surface area (Å²) in [6.07, 6.45) is 0.444. The van der Waals surface area contributed by atoms with Crippen LogP contribution in [0.4, 0.5) is 8.78 Å². The highest BCUT2D eigenvalue weighted by atomic mass is 19.3. The van der Waals surface area contributed by atoms with E-state index < -0.39 is 11.8 Å². The summed E-state index contributed by atoms with van der Waals surface area (Å²) in [5, 5.41) is 2.98. The van der Waals surface area contributed by atoms with Crippen LogP contribution >= 0.6 is 0 Å². The van der Waals surface area contributed by atoms with Crippen LogP contribution in [0.5, 0.6) is 0 Å². The van der Waals surface area contributed by atoms with Crippen molar-refractivity contribution in [2.24, 2.45) is 5.92 Å². The van der Waals surface area contributed by atoms with Gasteiger partial charge in [0.25, 0.3) is 5.92 Å². The molecular weight excluding hydrogens is 196 g/mol. The number of rotatable bonds is 3. The Kier molecular flexibility index (Phi) is 3.00. The van der Waals surface area contributed by atoms with E-state index in [0.29, 0.717) is 13.0 Å². The lowest BCUT2D eigenvalue weighted by atomic mass is 9.94. The quantitative estimate of drug-likeness (QED) is 0.810. The molecule has 15 heavy (non-hydrogen) atoms. The van der Waals surface area contributed by atoms with Crippen LogP contribution < -0.4 is 5.32 Å². The number of nitrogens with one attached hydrogen (secondary N) is 1. The highest BCUT2D eigenvalue weighted by Gasteiger charge is 2.40. The zero-order valence-corrected chi connectivity index (χ0v) is 8.55. The van der Waals surface area contributed by atoms with Gasteiger partial charge in [0.05, 0.1) is 0 Å². The van der Waals surface area contributed by atoms with Gasteiger partial charge < -0.3 is 5.32 Å². The highest BCUT2D eigenvalue weighted by molar-refractivity contribution is 5.16. The van der Waals surface area contributed by atoms with Crippen molar-refractivity contribution in [1.82, 2.24) is 5.32 Å². The minimum Gasteiger partial charge on any atom is -0.316 e. The van der Waals surface area contributed by atoms with Crippen LogP contribution in [0, 0.1) is 5.92 Å². The van der Waals surface area contributed by atoms with E-state index in [1.807, 2.05) is 6.07 Å². The molecule has 0 aliphatic carbocycles. The van der Waals surface area contributed by atoms with Gasteiger partial charge in [0.1, 0.15) is 0 Å². The largest absolute Gasteiger partial charge is 0.316 e. The Labute approximate surface area is 88.5 Å². The molecule has 1 aliphatic heterocycles. The van der Waals surface area contributed by atoms with Crippen LogP contribution in [0.3, 0.4) is 0 Å². The van der Waals surface area contributed by atoms with Crippen molar-refractivity contribution in [3.05, 3.63) is 35.9 Å². The van der Waals surface area contributed by atoms with Crippen LogP contribution in [-0.2, 0) is 6.42 Å². The predicted octanol–water partition coefficient (Wildman–Crippen LogP) is 2.47. The Morgan fingerprint density at radius 3 is 2.60 bits per heavy atom. The molecule has 1 saturated heterocycles. The Morgan fingerprint density at radius 1 is 1.27 bits per heavy atom. The van der Waals surface area contributed by atoms with Gasteiger partial charge in [0.2, 0.25) is 0 Å². The molecule has 0 saturated carbocycles. The fraction of sp³-hybridized carbons (Fsp3) is 0.500. The average molecular weight is 211 g/mol. The van der Waals surface area contributed by atoms with Crippen molar-refractivity contribution in [2.75, 3.05) is 13.1 Å². The van der Waals surface area contributed by atoms with E-state index in [2.05, 4.69) is 5.32 Å². The van der Waals surface area contributed by atoms with Gasteiger partial charge in [0.15, 0.2) is 0 Å². The molecule has 1 nitrogen and oxygen atoms in total. The van der Waals surface area contributed by atoms with E-state index in [1.165, 1.54) is 0 Å². The van der Waals surface area contributed by atoms with E-state index >= 15 is 0 Å². The van der Waals surface area contributed by atoms with Gasteiger partial charge in [0, 0.05) is 18.9 Å². The smallest absolute Gasteiger partial charge is 0.256 e. The molecule has 3 heteroatoms. The average Bonchev–Trinajstić information content (AvgIpc) is 2.71. The molecule has 2 rings (SSSR count). The van der Waals surface area contributed by atoms with Crippen LogP contribution in [-0.4, -0.2) is 19.0 Å². The number of hydrogen-bond acceptors (Lipinski definition) is 1. The summed E-state index contributed by atoms with van der Waals surface area (Å²) in [6.45, 7) is 1.16. The van der Waals surface area contributed by atoms with Gasteiger partial charge >= 0.3 is 0 Å². The summed E-state index contributed by atoms with van der Waals surface area (Å²) in [7, 11) is 0. The molecule has 1 atom stereocenters. The number of alkyl halides is 2. The zero-order chi connectivity index (χ0) is 10.7. The highest BCUT2D eigenvalue weighted by Crippen LogP contribution is 2.32. The van der Waals surface area contributed by atoms with Crippen molar-refractivity contribution in [3.63, 3.8) is 0 Å². The number of halogens is 2. The minimum atomic E-state index is -2.58. The fourth-order valence-electron chi connectivity index (χ4n) is 2.03. The number of hydrogen-bond donors (Lipinski definition) is 1. The van der Waals surface area contributed by atoms with Crippen LogP contribution in [0.2, 0.25) is 0 Å². The third kappa shape index (κ3) is 2.53. The maximum absolute atomic E-state index is 13.8. The summed E-state index contributed by atoms with van der Waals surface area (Å²) in [4.78, 5) is 0. The third-order valence-corrected chi connectivity index (χ3v) is 2.94. The zero-order valence-electron chi connectivity index (χ0n) is 8.55. The van der Waals surface area contributed by atoms with Gasteiger partial charge in [-0.1, -0.05) is 30.3 Å². The van der Waals surface area contributed by atoms with E-state index in [9.17, 15) is 8.78 Å². The molecule has 1 aromatic rings. The maximum atomic E-state index is 13.8. The van der Waals surface area contributed by atoms with Gasteiger partial charge in [-0.15, -0.1) is 0 Å². The van der Waals surface area contributed by atoms with Gasteiger partial charge in [-0.05, 0) is 18.5 Å². The van der Waals surface area contributed by atoms with Crippen LogP contribution in [0.25, 0.3) is 0 Å². The maximum Gasteiger partial charge on any atom is 0.256 e. The molecule has 0 radical (unpaired) electrons. The molecule has 1 unspecified atom stereocenters. The summed E-state index contributed by atoms with van der Waals surface area (Å²) >= 11 is 0. The van der Waals surface area contributed by atoms with Crippen molar-refractivity contribution in [3.8, 4) is 0 Å². The van der Waals surface area contributed by atoms with Crippen molar-refractivity contribution in [2.45, 2.75) is 18.8 Å². The van der Waals surface area contributed by atoms with E-state index in [1.54, 1.807) is 24.3 Å². The first-order chi connectivity index (χ1) is 7.18. The fourth-order valence-corrected chi connectivity index (χ4v) is 2.03. The second-order valence-electron chi connectivity index (χ2n) is 4.11. The molecule has 0 bridgehead atoms. The standard InChI is InChI=1S/C12H15F2N/c13-12(14,11-6-7-15-9-11)8-10-4-2-1-3-5-10/h1-5,11,15H,6-9H2. The van der Waals surface area contributed by atoms with Crippen molar-refractivity contribution >= 4 is 0 Å². The van der Waals surface area contributed by atoms with Crippen LogP contribution in [0.1, 0.15) is 12.0 Å². The Hall–Kier alpha value is -0.960. The van der Waals surface area contributed by atoms with Gasteiger partial charge in [-0.25, -0.2) is 8.78 Å². The normalized spacial score (nSPS) is 21.9. The summed E-state index contributed by atoms with van der Waals surface area (Å²) in [6, 6.07) is 8.97. The lowest BCUT2D eigenvalue weighted by Gasteiger charge is -2.22. The summed E-state index contributed by atoms with van der Waals surface area (Å²) < 4.78 is 27.5. The lowest BCUT2D eigenvalue weighted by Crippen LogP contribution is -2.32. The molecular formula is C12H15F2N.